The van der Waals surface area contributed by atoms with Crippen LogP contribution in [0.2, 0.25) is 0 Å². The smallest absolute Gasteiger partial charge is 0.0831 e. The van der Waals surface area contributed by atoms with Crippen LogP contribution in [0.3, 0.4) is 0 Å². The molecule has 1 aromatic rings. The molecule has 0 spiro atoms. The first-order valence-corrected chi connectivity index (χ1v) is 7.22. The van der Waals surface area contributed by atoms with Gasteiger partial charge in [-0.3, -0.25) is 9.80 Å². The molecule has 4 nitrogen and oxygen atoms in total. The number of hydrogen-bond donors (Lipinski definition) is 2. The van der Waals surface area contributed by atoms with Crippen molar-refractivity contribution in [2.24, 2.45) is 0 Å². The molecule has 2 heterocycles. The van der Waals surface area contributed by atoms with Gasteiger partial charge in [-0.25, -0.2) is 0 Å². The Morgan fingerprint density at radius 3 is 2.42 bits per heavy atom. The van der Waals surface area contributed by atoms with Gasteiger partial charge >= 0.3 is 0 Å². The van der Waals surface area contributed by atoms with Crippen LogP contribution in [0.1, 0.15) is 5.56 Å². The number of benzene rings is 1. The fraction of sp³-hybridized carbons (Fsp3) is 0.600. The third-order valence-corrected chi connectivity index (χ3v) is 4.28. The van der Waals surface area contributed by atoms with E-state index in [1.165, 1.54) is 5.56 Å². The van der Waals surface area contributed by atoms with Crippen LogP contribution in [0.25, 0.3) is 0 Å². The lowest BCUT2D eigenvalue weighted by Crippen LogP contribution is -2.53. The molecular weight excluding hydrogens is 238 g/mol. The molecule has 2 aliphatic heterocycles. The first-order chi connectivity index (χ1) is 9.33. The number of rotatable bonds is 3. The molecule has 0 unspecified atom stereocenters. The zero-order valence-corrected chi connectivity index (χ0v) is 11.3. The van der Waals surface area contributed by atoms with Gasteiger partial charge in [-0.05, 0) is 5.56 Å². The molecule has 2 aliphatic rings. The van der Waals surface area contributed by atoms with Gasteiger partial charge in [0, 0.05) is 51.9 Å². The maximum absolute atomic E-state index is 9.92. The minimum Gasteiger partial charge on any atom is -0.390 e. The van der Waals surface area contributed by atoms with Gasteiger partial charge < -0.3 is 10.4 Å². The average Bonchev–Trinajstić information content (AvgIpc) is 2.87. The van der Waals surface area contributed by atoms with Crippen molar-refractivity contribution in [3.05, 3.63) is 35.9 Å². The summed E-state index contributed by atoms with van der Waals surface area (Å²) in [6, 6.07) is 11.0. The highest BCUT2D eigenvalue weighted by Gasteiger charge is 2.32. The third kappa shape index (κ3) is 3.15. The van der Waals surface area contributed by atoms with Gasteiger partial charge in [0.15, 0.2) is 0 Å². The van der Waals surface area contributed by atoms with E-state index in [9.17, 15) is 5.11 Å². The highest BCUT2D eigenvalue weighted by atomic mass is 16.3. The van der Waals surface area contributed by atoms with E-state index in [4.69, 9.17) is 0 Å². The van der Waals surface area contributed by atoms with Crippen molar-refractivity contribution in [3.8, 4) is 0 Å². The molecule has 19 heavy (non-hydrogen) atoms. The van der Waals surface area contributed by atoms with Gasteiger partial charge in [-0.1, -0.05) is 30.3 Å². The van der Waals surface area contributed by atoms with Gasteiger partial charge in [-0.2, -0.15) is 0 Å². The van der Waals surface area contributed by atoms with Crippen LogP contribution < -0.4 is 5.32 Å². The van der Waals surface area contributed by atoms with Gasteiger partial charge in [-0.15, -0.1) is 0 Å². The Balaban J connectivity index is 1.49. The minimum atomic E-state index is -0.194. The van der Waals surface area contributed by atoms with Crippen molar-refractivity contribution in [1.29, 1.82) is 0 Å². The molecule has 0 aromatic heterocycles. The van der Waals surface area contributed by atoms with E-state index in [-0.39, 0.29) is 6.10 Å². The number of piperazine rings is 1. The zero-order valence-electron chi connectivity index (χ0n) is 11.3. The highest BCUT2D eigenvalue weighted by molar-refractivity contribution is 5.14. The molecule has 0 aliphatic carbocycles. The molecule has 2 fully saturated rings. The summed E-state index contributed by atoms with van der Waals surface area (Å²) in [4.78, 5) is 4.94. The lowest BCUT2D eigenvalue weighted by molar-refractivity contribution is 0.0424. The Labute approximate surface area is 115 Å². The Morgan fingerprint density at radius 1 is 1.05 bits per heavy atom. The van der Waals surface area contributed by atoms with E-state index in [0.29, 0.717) is 6.04 Å². The summed E-state index contributed by atoms with van der Waals surface area (Å²) in [5.74, 6) is 0. The normalized spacial score (nSPS) is 29.7. The largest absolute Gasteiger partial charge is 0.390 e. The quantitative estimate of drug-likeness (QED) is 0.812. The van der Waals surface area contributed by atoms with Gasteiger partial charge in [0.05, 0.1) is 6.10 Å². The fourth-order valence-corrected chi connectivity index (χ4v) is 3.12. The van der Waals surface area contributed by atoms with Gasteiger partial charge in [0.2, 0.25) is 0 Å². The van der Waals surface area contributed by atoms with Crippen LogP contribution in [0.4, 0.5) is 0 Å². The van der Waals surface area contributed by atoms with Crippen molar-refractivity contribution in [3.63, 3.8) is 0 Å². The zero-order chi connectivity index (χ0) is 13.1. The number of hydrogen-bond acceptors (Lipinski definition) is 4. The minimum absolute atomic E-state index is 0.194. The Bertz CT molecular complexity index is 390. The summed E-state index contributed by atoms with van der Waals surface area (Å²) >= 11 is 0. The van der Waals surface area contributed by atoms with Crippen LogP contribution >= 0.6 is 0 Å². The number of β-amino-alcohol motifs (C(OH)–C–C–N with tert-alkyl or cyclic N) is 1. The number of nitrogens with one attached hydrogen (secondary N) is 1. The summed E-state index contributed by atoms with van der Waals surface area (Å²) in [6.45, 7) is 7.04. The molecule has 4 heteroatoms. The van der Waals surface area contributed by atoms with Crippen molar-refractivity contribution < 1.29 is 5.11 Å². The second-order valence-electron chi connectivity index (χ2n) is 5.59. The van der Waals surface area contributed by atoms with Crippen molar-refractivity contribution in [2.45, 2.75) is 18.7 Å². The molecule has 0 saturated carbocycles. The maximum atomic E-state index is 9.92. The van der Waals surface area contributed by atoms with Gasteiger partial charge in [0.1, 0.15) is 0 Å². The Hall–Kier alpha value is -0.940. The predicted molar refractivity (Wildman–Crippen MR) is 76.0 cm³/mol. The van der Waals surface area contributed by atoms with Crippen LogP contribution in [0.5, 0.6) is 0 Å². The summed E-state index contributed by atoms with van der Waals surface area (Å²) in [7, 11) is 0. The van der Waals surface area contributed by atoms with Crippen LogP contribution in [0.15, 0.2) is 30.3 Å². The molecule has 0 radical (unpaired) electrons. The summed E-state index contributed by atoms with van der Waals surface area (Å²) in [5.41, 5.74) is 1.39. The van der Waals surface area contributed by atoms with E-state index in [1.54, 1.807) is 0 Å². The molecule has 2 saturated heterocycles. The van der Waals surface area contributed by atoms with Crippen molar-refractivity contribution in [2.75, 3.05) is 39.3 Å². The SMILES string of the molecule is O[C@H]1CNC[C@@H]1N1CCN(Cc2ccccc2)CC1. The van der Waals surface area contributed by atoms with E-state index < -0.39 is 0 Å². The number of aliphatic hydroxyl groups excluding tert-OH is 1. The van der Waals surface area contributed by atoms with Crippen LogP contribution in [-0.2, 0) is 6.54 Å². The van der Waals surface area contributed by atoms with E-state index in [2.05, 4.69) is 45.4 Å². The molecule has 1 aromatic carbocycles. The van der Waals surface area contributed by atoms with E-state index in [0.717, 1.165) is 45.8 Å². The molecular formula is C15H23N3O. The topological polar surface area (TPSA) is 38.7 Å². The first-order valence-electron chi connectivity index (χ1n) is 7.22. The second kappa shape index (κ2) is 6.01. The first kappa shape index (κ1) is 13.1. The Kier molecular flexibility index (Phi) is 4.13. The summed E-state index contributed by atoms with van der Waals surface area (Å²) in [6.07, 6.45) is -0.194. The maximum Gasteiger partial charge on any atom is 0.0831 e. The standard InChI is InChI=1S/C15H23N3O/c19-15-11-16-10-14(15)18-8-6-17(7-9-18)12-13-4-2-1-3-5-13/h1-5,14-16,19H,6-12H2/t14-,15-/m0/s1. The monoisotopic (exact) mass is 261 g/mol. The number of nitrogens with zero attached hydrogens (tertiary/aromatic N) is 2. The highest BCUT2D eigenvalue weighted by Crippen LogP contribution is 2.14. The lowest BCUT2D eigenvalue weighted by atomic mass is 10.1. The van der Waals surface area contributed by atoms with Crippen LogP contribution in [-0.4, -0.2) is 66.3 Å². The van der Waals surface area contributed by atoms with Gasteiger partial charge in [0.25, 0.3) is 0 Å². The molecule has 0 amide bonds. The lowest BCUT2D eigenvalue weighted by Gasteiger charge is -2.38. The number of aliphatic hydroxyl groups is 1. The average molecular weight is 261 g/mol. The van der Waals surface area contributed by atoms with E-state index >= 15 is 0 Å². The van der Waals surface area contributed by atoms with Crippen LogP contribution in [0, 0.1) is 0 Å². The predicted octanol–water partition coefficient (Wildman–Crippen LogP) is 0.137. The van der Waals surface area contributed by atoms with Crippen molar-refractivity contribution >= 4 is 0 Å². The summed E-state index contributed by atoms with van der Waals surface area (Å²) in [5, 5.41) is 13.2. The van der Waals surface area contributed by atoms with E-state index in [1.807, 2.05) is 0 Å². The van der Waals surface area contributed by atoms with Crippen molar-refractivity contribution in [1.82, 2.24) is 15.1 Å². The molecule has 104 valence electrons. The fourth-order valence-electron chi connectivity index (χ4n) is 3.12. The molecule has 2 atom stereocenters. The third-order valence-electron chi connectivity index (χ3n) is 4.28. The second-order valence-corrected chi connectivity index (χ2v) is 5.59. The molecule has 0 bridgehead atoms. The Morgan fingerprint density at radius 2 is 1.79 bits per heavy atom. The molecule has 3 rings (SSSR count). The molecule has 2 N–H and O–H groups in total. The summed E-state index contributed by atoms with van der Waals surface area (Å²) < 4.78 is 0.